The number of hydrogen-bond donors (Lipinski definition) is 2. The maximum Gasteiger partial charge on any atom is 0.270 e. The number of rotatable bonds is 4. The number of halogens is 1. The molecule has 1 aromatic carbocycles. The number of amides is 1. The Morgan fingerprint density at radius 2 is 2.10 bits per heavy atom. The number of nitrogens with zero attached hydrogens (tertiary/aromatic N) is 1. The Labute approximate surface area is 122 Å². The molecule has 20 heavy (non-hydrogen) atoms. The third-order valence-electron chi connectivity index (χ3n) is 3.00. The molecule has 0 aliphatic heterocycles. The van der Waals surface area contributed by atoms with Crippen LogP contribution in [0.5, 0.6) is 0 Å². The molecule has 1 heterocycles. The summed E-state index contributed by atoms with van der Waals surface area (Å²) in [6.07, 6.45) is 0.0333. The molecule has 1 amide bonds. The van der Waals surface area contributed by atoms with Gasteiger partial charge in [-0.15, -0.1) is 0 Å². The molecule has 0 bridgehead atoms. The lowest BCUT2D eigenvalue weighted by Gasteiger charge is -2.15. The largest absolute Gasteiger partial charge is 0.393 e. The molecule has 0 saturated heterocycles. The second-order valence-corrected chi connectivity index (χ2v) is 5.34. The summed E-state index contributed by atoms with van der Waals surface area (Å²) in [7, 11) is 0. The highest BCUT2D eigenvalue weighted by atomic mass is 35.5. The van der Waals surface area contributed by atoms with Crippen molar-refractivity contribution in [3.05, 3.63) is 41.2 Å². The first-order valence-electron chi connectivity index (χ1n) is 6.51. The molecule has 0 radical (unpaired) electrons. The minimum atomic E-state index is -0.460. The van der Waals surface area contributed by atoms with Crippen molar-refractivity contribution in [3.8, 4) is 0 Å². The molecule has 4 nitrogen and oxygen atoms in total. The van der Waals surface area contributed by atoms with Crippen molar-refractivity contribution in [2.45, 2.75) is 32.4 Å². The normalized spacial score (nSPS) is 14.0. The van der Waals surface area contributed by atoms with Crippen LogP contribution in [0.3, 0.4) is 0 Å². The standard InChI is InChI=1S/C15H17ClN2O2/c1-9(7-10(2)19)17-15(20)13-8-11-5-3-4-6-12(11)14(16)18-13/h3-6,8-10,19H,7H2,1-2H3,(H,17,20). The molecule has 0 fully saturated rings. The van der Waals surface area contributed by atoms with Gasteiger partial charge in [-0.05, 0) is 31.7 Å². The van der Waals surface area contributed by atoms with E-state index in [1.165, 1.54) is 0 Å². The van der Waals surface area contributed by atoms with Crippen molar-refractivity contribution in [1.82, 2.24) is 10.3 Å². The number of aliphatic hydroxyl groups is 1. The van der Waals surface area contributed by atoms with Crippen molar-refractivity contribution in [2.24, 2.45) is 0 Å². The van der Waals surface area contributed by atoms with Gasteiger partial charge in [0.1, 0.15) is 10.8 Å². The topological polar surface area (TPSA) is 62.2 Å². The van der Waals surface area contributed by atoms with Gasteiger partial charge in [-0.25, -0.2) is 4.98 Å². The molecule has 2 aromatic rings. The van der Waals surface area contributed by atoms with Gasteiger partial charge in [0.05, 0.1) is 6.10 Å². The van der Waals surface area contributed by atoms with E-state index in [0.29, 0.717) is 11.6 Å². The molecular formula is C15H17ClN2O2. The zero-order chi connectivity index (χ0) is 14.7. The predicted molar refractivity (Wildman–Crippen MR) is 80.0 cm³/mol. The Morgan fingerprint density at radius 3 is 2.80 bits per heavy atom. The summed E-state index contributed by atoms with van der Waals surface area (Å²) in [4.78, 5) is 16.2. The van der Waals surface area contributed by atoms with E-state index in [-0.39, 0.29) is 17.6 Å². The minimum Gasteiger partial charge on any atom is -0.393 e. The zero-order valence-electron chi connectivity index (χ0n) is 11.4. The number of aliphatic hydroxyl groups excluding tert-OH is 1. The Bertz CT molecular complexity index is 628. The van der Waals surface area contributed by atoms with E-state index in [1.54, 1.807) is 13.0 Å². The summed E-state index contributed by atoms with van der Waals surface area (Å²) < 4.78 is 0. The third-order valence-corrected chi connectivity index (χ3v) is 3.29. The zero-order valence-corrected chi connectivity index (χ0v) is 12.2. The molecule has 106 valence electrons. The Kier molecular flexibility index (Phi) is 4.57. The molecule has 0 saturated carbocycles. The van der Waals surface area contributed by atoms with Gasteiger partial charge < -0.3 is 10.4 Å². The maximum atomic E-state index is 12.1. The number of pyridine rings is 1. The SMILES string of the molecule is CC(O)CC(C)NC(=O)c1cc2ccccc2c(Cl)n1. The molecule has 1 aromatic heterocycles. The molecule has 5 heteroatoms. The Hall–Kier alpha value is -1.65. The van der Waals surface area contributed by atoms with E-state index in [4.69, 9.17) is 11.6 Å². The number of benzene rings is 1. The van der Waals surface area contributed by atoms with E-state index in [1.807, 2.05) is 31.2 Å². The highest BCUT2D eigenvalue weighted by Crippen LogP contribution is 2.22. The summed E-state index contributed by atoms with van der Waals surface area (Å²) in [5.41, 5.74) is 0.283. The number of nitrogens with one attached hydrogen (secondary N) is 1. The van der Waals surface area contributed by atoms with Gasteiger partial charge in [-0.1, -0.05) is 35.9 Å². The molecular weight excluding hydrogens is 276 g/mol. The third kappa shape index (κ3) is 3.46. The van der Waals surface area contributed by atoms with Crippen LogP contribution in [-0.2, 0) is 0 Å². The van der Waals surface area contributed by atoms with Gasteiger partial charge in [0.25, 0.3) is 5.91 Å². The monoisotopic (exact) mass is 292 g/mol. The average molecular weight is 293 g/mol. The van der Waals surface area contributed by atoms with E-state index in [2.05, 4.69) is 10.3 Å². The van der Waals surface area contributed by atoms with Crippen LogP contribution in [0.25, 0.3) is 10.8 Å². The molecule has 0 spiro atoms. The van der Waals surface area contributed by atoms with Crippen LogP contribution < -0.4 is 5.32 Å². The van der Waals surface area contributed by atoms with Crippen LogP contribution in [0.15, 0.2) is 30.3 Å². The van der Waals surface area contributed by atoms with Gasteiger partial charge in [0, 0.05) is 11.4 Å². The summed E-state index contributed by atoms with van der Waals surface area (Å²) in [5.74, 6) is -0.286. The fourth-order valence-electron chi connectivity index (χ4n) is 2.14. The summed E-state index contributed by atoms with van der Waals surface area (Å²) in [6, 6.07) is 9.10. The van der Waals surface area contributed by atoms with Crippen LogP contribution in [0, 0.1) is 0 Å². The molecule has 2 rings (SSSR count). The van der Waals surface area contributed by atoms with Crippen molar-refractivity contribution < 1.29 is 9.90 Å². The van der Waals surface area contributed by atoms with E-state index >= 15 is 0 Å². The van der Waals surface area contributed by atoms with Gasteiger partial charge in [-0.2, -0.15) is 0 Å². The summed E-state index contributed by atoms with van der Waals surface area (Å²) in [5, 5.41) is 14.1. The average Bonchev–Trinajstić information content (AvgIpc) is 2.37. The van der Waals surface area contributed by atoms with Crippen LogP contribution >= 0.6 is 11.6 Å². The van der Waals surface area contributed by atoms with Gasteiger partial charge in [-0.3, -0.25) is 4.79 Å². The van der Waals surface area contributed by atoms with Gasteiger partial charge in [0.15, 0.2) is 0 Å². The Morgan fingerprint density at radius 1 is 1.40 bits per heavy atom. The second-order valence-electron chi connectivity index (χ2n) is 4.98. The second kappa shape index (κ2) is 6.20. The van der Waals surface area contributed by atoms with Crippen molar-refractivity contribution in [3.63, 3.8) is 0 Å². The molecule has 2 atom stereocenters. The Balaban J connectivity index is 2.22. The first-order chi connectivity index (χ1) is 9.47. The van der Waals surface area contributed by atoms with Crippen LogP contribution in [0.2, 0.25) is 5.15 Å². The van der Waals surface area contributed by atoms with Crippen LogP contribution in [0.1, 0.15) is 30.8 Å². The predicted octanol–water partition coefficient (Wildman–Crippen LogP) is 2.78. The number of aromatic nitrogens is 1. The quantitative estimate of drug-likeness (QED) is 0.852. The fourth-order valence-corrected chi connectivity index (χ4v) is 2.40. The smallest absolute Gasteiger partial charge is 0.270 e. The lowest BCUT2D eigenvalue weighted by molar-refractivity contribution is 0.0918. The summed E-state index contributed by atoms with van der Waals surface area (Å²) >= 11 is 6.10. The van der Waals surface area contributed by atoms with Crippen molar-refractivity contribution >= 4 is 28.3 Å². The molecule has 0 aliphatic rings. The highest BCUT2D eigenvalue weighted by molar-refractivity contribution is 6.34. The number of fused-ring (bicyclic) bond motifs is 1. The first-order valence-corrected chi connectivity index (χ1v) is 6.89. The summed E-state index contributed by atoms with van der Waals surface area (Å²) in [6.45, 7) is 3.53. The van der Waals surface area contributed by atoms with Gasteiger partial charge in [0.2, 0.25) is 0 Å². The number of carbonyl (C=O) groups is 1. The maximum absolute atomic E-state index is 12.1. The molecule has 0 aliphatic carbocycles. The van der Waals surface area contributed by atoms with E-state index < -0.39 is 6.10 Å². The lowest BCUT2D eigenvalue weighted by Crippen LogP contribution is -2.35. The first kappa shape index (κ1) is 14.8. The van der Waals surface area contributed by atoms with Crippen LogP contribution in [-0.4, -0.2) is 28.1 Å². The number of hydrogen-bond acceptors (Lipinski definition) is 3. The molecule has 2 unspecified atom stereocenters. The molecule has 2 N–H and O–H groups in total. The number of carbonyl (C=O) groups excluding carboxylic acids is 1. The van der Waals surface area contributed by atoms with Crippen molar-refractivity contribution in [1.29, 1.82) is 0 Å². The van der Waals surface area contributed by atoms with E-state index in [9.17, 15) is 9.90 Å². The van der Waals surface area contributed by atoms with Crippen molar-refractivity contribution in [2.75, 3.05) is 0 Å². The fraction of sp³-hybridized carbons (Fsp3) is 0.333. The minimum absolute atomic E-state index is 0.130. The van der Waals surface area contributed by atoms with Gasteiger partial charge >= 0.3 is 0 Å². The van der Waals surface area contributed by atoms with Crippen LogP contribution in [0.4, 0.5) is 0 Å². The van der Waals surface area contributed by atoms with E-state index in [0.717, 1.165) is 10.8 Å². The highest BCUT2D eigenvalue weighted by Gasteiger charge is 2.14. The lowest BCUT2D eigenvalue weighted by atomic mass is 10.1.